The van der Waals surface area contributed by atoms with Crippen molar-refractivity contribution >= 4 is 29.4 Å². The molecule has 2 unspecified atom stereocenters. The molecule has 0 spiro atoms. The molecule has 0 aromatic carbocycles. The Morgan fingerprint density at radius 2 is 1.97 bits per heavy atom. The van der Waals surface area contributed by atoms with E-state index in [4.69, 9.17) is 6.42 Å². The second kappa shape index (κ2) is 14.0. The van der Waals surface area contributed by atoms with Gasteiger partial charge in [-0.3, -0.25) is 14.9 Å². The molecule has 0 aliphatic carbocycles. The van der Waals surface area contributed by atoms with Crippen LogP contribution in [0.15, 0.2) is 0 Å². The van der Waals surface area contributed by atoms with E-state index in [1.54, 1.807) is 0 Å². The minimum atomic E-state index is -0.486. The highest BCUT2D eigenvalue weighted by atomic mass is 32.2. The van der Waals surface area contributed by atoms with E-state index in [-0.39, 0.29) is 35.7 Å². The van der Waals surface area contributed by atoms with Gasteiger partial charge in [-0.1, -0.05) is 25.7 Å². The van der Waals surface area contributed by atoms with Crippen molar-refractivity contribution in [2.24, 2.45) is 0 Å². The van der Waals surface area contributed by atoms with Crippen LogP contribution >= 0.6 is 11.8 Å². The van der Waals surface area contributed by atoms with Crippen molar-refractivity contribution in [3.63, 3.8) is 0 Å². The standard InChI is InChI=1S/C25H42N4O3S/c1-5-15-26-18(3)20(30)12-8-7-11-16-27-25(4,6-2)22(31)14-10-9-13-21-23-19(17-33-21)28-24(32)29-23/h1,18-19,21,23,26-27H,6-17H2,2-4H3,(H2,28,29,32)/t18?,19-,21-,23-,25?/m0/s1. The Morgan fingerprint density at radius 3 is 2.70 bits per heavy atom. The van der Waals surface area contributed by atoms with E-state index < -0.39 is 5.54 Å². The van der Waals surface area contributed by atoms with E-state index in [1.165, 1.54) is 0 Å². The molecule has 2 saturated heterocycles. The number of carbonyl (C=O) groups excluding carboxylic acids is 3. The van der Waals surface area contributed by atoms with Gasteiger partial charge in [0.15, 0.2) is 5.78 Å². The summed E-state index contributed by atoms with van der Waals surface area (Å²) < 4.78 is 0. The lowest BCUT2D eigenvalue weighted by molar-refractivity contribution is -0.125. The predicted octanol–water partition coefficient (Wildman–Crippen LogP) is 2.78. The van der Waals surface area contributed by atoms with Crippen molar-refractivity contribution in [2.75, 3.05) is 18.8 Å². The van der Waals surface area contributed by atoms with Crippen LogP contribution in [0.2, 0.25) is 0 Å². The zero-order valence-corrected chi connectivity index (χ0v) is 21.3. The Bertz CT molecular complexity index is 710. The lowest BCUT2D eigenvalue weighted by Crippen LogP contribution is -2.49. The SMILES string of the molecule is C#CCNC(C)C(=O)CCCCCNC(C)(CC)C(=O)CCCC[C@@H]1SC[C@@H]2NC(=O)N[C@@H]21. The van der Waals surface area contributed by atoms with Gasteiger partial charge in [-0.15, -0.1) is 6.42 Å². The van der Waals surface area contributed by atoms with Crippen LogP contribution in [0, 0.1) is 12.3 Å². The normalized spacial score (nSPS) is 24.3. The first-order chi connectivity index (χ1) is 15.8. The lowest BCUT2D eigenvalue weighted by Gasteiger charge is -2.28. The molecule has 0 saturated carbocycles. The van der Waals surface area contributed by atoms with Crippen LogP contribution in [-0.4, -0.2) is 65.4 Å². The summed E-state index contributed by atoms with van der Waals surface area (Å²) in [5.74, 6) is 3.94. The molecule has 186 valence electrons. The molecule has 7 nitrogen and oxygen atoms in total. The highest BCUT2D eigenvalue weighted by Gasteiger charge is 2.42. The van der Waals surface area contributed by atoms with Crippen LogP contribution in [0.3, 0.4) is 0 Å². The number of terminal acetylenes is 1. The van der Waals surface area contributed by atoms with Gasteiger partial charge in [0, 0.05) is 23.8 Å². The molecule has 4 N–H and O–H groups in total. The Balaban J connectivity index is 1.57. The number of rotatable bonds is 17. The van der Waals surface area contributed by atoms with Gasteiger partial charge in [0.1, 0.15) is 5.78 Å². The van der Waals surface area contributed by atoms with Gasteiger partial charge in [0.2, 0.25) is 0 Å². The zero-order valence-electron chi connectivity index (χ0n) is 20.5. The van der Waals surface area contributed by atoms with Crippen LogP contribution < -0.4 is 21.3 Å². The van der Waals surface area contributed by atoms with Gasteiger partial charge < -0.3 is 16.0 Å². The van der Waals surface area contributed by atoms with E-state index in [0.717, 1.165) is 57.2 Å². The number of hydrogen-bond acceptors (Lipinski definition) is 6. The van der Waals surface area contributed by atoms with Crippen LogP contribution in [0.25, 0.3) is 0 Å². The smallest absolute Gasteiger partial charge is 0.315 e. The fraction of sp³-hybridized carbons (Fsp3) is 0.800. The summed E-state index contributed by atoms with van der Waals surface area (Å²) in [5.41, 5.74) is -0.486. The van der Waals surface area contributed by atoms with Crippen LogP contribution in [0.5, 0.6) is 0 Å². The maximum absolute atomic E-state index is 12.9. The molecule has 0 bridgehead atoms. The largest absolute Gasteiger partial charge is 0.332 e. The van der Waals surface area contributed by atoms with Crippen LogP contribution in [0.1, 0.15) is 78.6 Å². The van der Waals surface area contributed by atoms with E-state index in [1.807, 2.05) is 25.6 Å². The molecule has 2 heterocycles. The minimum Gasteiger partial charge on any atom is -0.332 e. The third-order valence-electron chi connectivity index (χ3n) is 7.01. The fourth-order valence-corrected chi connectivity index (χ4v) is 6.02. The first kappa shape index (κ1) is 27.7. The Hall–Kier alpha value is -1.56. The predicted molar refractivity (Wildman–Crippen MR) is 135 cm³/mol. The minimum absolute atomic E-state index is 0.0477. The van der Waals surface area contributed by atoms with E-state index in [2.05, 4.69) is 34.1 Å². The number of nitrogens with one attached hydrogen (secondary N) is 4. The number of carbonyl (C=O) groups is 3. The summed E-state index contributed by atoms with van der Waals surface area (Å²) in [7, 11) is 0. The number of ketones is 2. The van der Waals surface area contributed by atoms with Gasteiger partial charge in [-0.05, 0) is 52.5 Å². The average Bonchev–Trinajstić information content (AvgIpc) is 3.35. The number of amides is 2. The first-order valence-electron chi connectivity index (χ1n) is 12.5. The number of urea groups is 1. The summed E-state index contributed by atoms with van der Waals surface area (Å²) in [6.07, 6.45) is 12.8. The van der Waals surface area contributed by atoms with Crippen molar-refractivity contribution in [1.82, 2.24) is 21.3 Å². The summed E-state index contributed by atoms with van der Waals surface area (Å²) in [6.45, 7) is 7.11. The highest BCUT2D eigenvalue weighted by molar-refractivity contribution is 8.00. The fourth-order valence-electron chi connectivity index (χ4n) is 4.48. The molecule has 2 aliphatic heterocycles. The second-order valence-electron chi connectivity index (χ2n) is 9.49. The van der Waals surface area contributed by atoms with Crippen LogP contribution in [0.4, 0.5) is 4.79 Å². The van der Waals surface area contributed by atoms with Gasteiger partial charge in [-0.2, -0.15) is 11.8 Å². The molecule has 2 rings (SSSR count). The Morgan fingerprint density at radius 1 is 1.21 bits per heavy atom. The summed E-state index contributed by atoms with van der Waals surface area (Å²) in [4.78, 5) is 36.4. The van der Waals surface area contributed by atoms with Gasteiger partial charge in [0.25, 0.3) is 0 Å². The number of Topliss-reactive ketones (excluding diaryl/α,β-unsaturated/α-hetero) is 2. The molecule has 2 fully saturated rings. The molecular formula is C25H42N4O3S. The molecule has 0 radical (unpaired) electrons. The van der Waals surface area contributed by atoms with Crippen molar-refractivity contribution in [3.05, 3.63) is 0 Å². The second-order valence-corrected chi connectivity index (χ2v) is 10.8. The van der Waals surface area contributed by atoms with Crippen molar-refractivity contribution in [2.45, 2.75) is 107 Å². The average molecular weight is 479 g/mol. The molecule has 2 amide bonds. The number of hydrogen-bond donors (Lipinski definition) is 4. The summed E-state index contributed by atoms with van der Waals surface area (Å²) >= 11 is 1.92. The highest BCUT2D eigenvalue weighted by Crippen LogP contribution is 2.33. The van der Waals surface area contributed by atoms with Crippen LogP contribution in [-0.2, 0) is 9.59 Å². The van der Waals surface area contributed by atoms with Crippen molar-refractivity contribution in [3.8, 4) is 12.3 Å². The Labute approximate surface area is 203 Å². The maximum Gasteiger partial charge on any atom is 0.315 e. The van der Waals surface area contributed by atoms with Gasteiger partial charge in [0.05, 0.1) is 30.2 Å². The molecule has 8 heteroatoms. The lowest BCUT2D eigenvalue weighted by atomic mass is 9.89. The topological polar surface area (TPSA) is 99.3 Å². The molecular weight excluding hydrogens is 436 g/mol. The third-order valence-corrected chi connectivity index (χ3v) is 8.52. The maximum atomic E-state index is 12.9. The quantitative estimate of drug-likeness (QED) is 0.146. The van der Waals surface area contributed by atoms with Gasteiger partial charge >= 0.3 is 6.03 Å². The zero-order chi connectivity index (χ0) is 24.3. The number of unbranched alkanes of at least 4 members (excludes halogenated alkanes) is 3. The molecule has 0 aromatic heterocycles. The first-order valence-corrected chi connectivity index (χ1v) is 13.5. The van der Waals surface area contributed by atoms with E-state index in [9.17, 15) is 14.4 Å². The molecule has 5 atom stereocenters. The molecule has 2 aliphatic rings. The van der Waals surface area contributed by atoms with E-state index in [0.29, 0.717) is 24.6 Å². The van der Waals surface area contributed by atoms with Crippen molar-refractivity contribution < 1.29 is 14.4 Å². The third kappa shape index (κ3) is 8.62. The number of fused-ring (bicyclic) bond motifs is 1. The molecule has 33 heavy (non-hydrogen) atoms. The van der Waals surface area contributed by atoms with Crippen molar-refractivity contribution in [1.29, 1.82) is 0 Å². The van der Waals surface area contributed by atoms with Gasteiger partial charge in [-0.25, -0.2) is 4.79 Å². The summed E-state index contributed by atoms with van der Waals surface area (Å²) in [6, 6.07) is 0.253. The summed E-state index contributed by atoms with van der Waals surface area (Å²) in [5, 5.41) is 12.9. The monoisotopic (exact) mass is 478 g/mol. The Kier molecular flexibility index (Phi) is 11.7. The number of thioether (sulfide) groups is 1. The molecule has 0 aromatic rings. The van der Waals surface area contributed by atoms with E-state index >= 15 is 0 Å².